The van der Waals surface area contributed by atoms with E-state index in [-0.39, 0.29) is 18.1 Å². The average molecular weight is 155 g/mol. The molecule has 0 spiro atoms. The fourth-order valence-electron chi connectivity index (χ4n) is 1.29. The normalized spacial score (nSPS) is 29.9. The van der Waals surface area contributed by atoms with Crippen LogP contribution in [-0.4, -0.2) is 25.2 Å². The van der Waals surface area contributed by atoms with Crippen molar-refractivity contribution >= 4 is 5.97 Å². The summed E-state index contributed by atoms with van der Waals surface area (Å²) in [6.45, 7) is 3.65. The fourth-order valence-corrected chi connectivity index (χ4v) is 1.29. The highest BCUT2D eigenvalue weighted by molar-refractivity contribution is 5.76. The van der Waals surface area contributed by atoms with Crippen LogP contribution in [0.1, 0.15) is 12.8 Å². The van der Waals surface area contributed by atoms with E-state index in [1.807, 2.05) is 6.08 Å². The Kier molecular flexibility index (Phi) is 2.65. The molecule has 1 N–H and O–H groups in total. The van der Waals surface area contributed by atoms with Gasteiger partial charge >= 0.3 is 5.97 Å². The molecule has 1 heterocycles. The van der Waals surface area contributed by atoms with Crippen molar-refractivity contribution in [2.45, 2.75) is 24.9 Å². The first kappa shape index (κ1) is 8.27. The number of nitrogens with one attached hydrogen (secondary N) is 1. The maximum Gasteiger partial charge on any atom is 0.322 e. The minimum atomic E-state index is -0.172. The molecule has 1 rings (SSSR count). The number of ether oxygens (including phenoxy) is 1. The van der Waals surface area contributed by atoms with E-state index in [4.69, 9.17) is 0 Å². The molecule has 0 aromatic carbocycles. The Morgan fingerprint density at radius 3 is 2.91 bits per heavy atom. The number of hydrogen-bond donors (Lipinski definition) is 1. The van der Waals surface area contributed by atoms with Crippen molar-refractivity contribution in [2.75, 3.05) is 7.11 Å². The number of rotatable bonds is 2. The molecule has 0 amide bonds. The summed E-state index contributed by atoms with van der Waals surface area (Å²) in [5.74, 6) is -0.172. The van der Waals surface area contributed by atoms with Gasteiger partial charge in [-0.3, -0.25) is 10.1 Å². The van der Waals surface area contributed by atoms with Gasteiger partial charge in [0.15, 0.2) is 0 Å². The molecule has 3 nitrogen and oxygen atoms in total. The second-order valence-electron chi connectivity index (χ2n) is 2.66. The van der Waals surface area contributed by atoms with Crippen LogP contribution in [0.3, 0.4) is 0 Å². The topological polar surface area (TPSA) is 38.3 Å². The molecule has 0 bridgehead atoms. The Morgan fingerprint density at radius 2 is 2.45 bits per heavy atom. The van der Waals surface area contributed by atoms with Gasteiger partial charge in [0.25, 0.3) is 0 Å². The minimum Gasteiger partial charge on any atom is -0.468 e. The van der Waals surface area contributed by atoms with Crippen molar-refractivity contribution in [3.63, 3.8) is 0 Å². The molecule has 11 heavy (non-hydrogen) atoms. The summed E-state index contributed by atoms with van der Waals surface area (Å²) >= 11 is 0. The molecule has 0 aromatic heterocycles. The zero-order valence-corrected chi connectivity index (χ0v) is 6.67. The van der Waals surface area contributed by atoms with Gasteiger partial charge in [-0.25, -0.2) is 0 Å². The molecule has 2 atom stereocenters. The third-order valence-corrected chi connectivity index (χ3v) is 1.95. The lowest BCUT2D eigenvalue weighted by atomic mass is 10.2. The van der Waals surface area contributed by atoms with E-state index in [1.54, 1.807) is 0 Å². The molecule has 1 fully saturated rings. The summed E-state index contributed by atoms with van der Waals surface area (Å²) in [6, 6.07) is 0.155. The highest BCUT2D eigenvalue weighted by Gasteiger charge is 2.27. The molecule has 0 radical (unpaired) electrons. The van der Waals surface area contributed by atoms with Crippen LogP contribution in [0, 0.1) is 0 Å². The van der Waals surface area contributed by atoms with Crippen LogP contribution in [-0.2, 0) is 9.53 Å². The van der Waals surface area contributed by atoms with Crippen molar-refractivity contribution in [1.29, 1.82) is 0 Å². The molecule has 0 unspecified atom stereocenters. The smallest absolute Gasteiger partial charge is 0.322 e. The quantitative estimate of drug-likeness (QED) is 0.465. The largest absolute Gasteiger partial charge is 0.468 e. The maximum absolute atomic E-state index is 11.0. The fraction of sp³-hybridized carbons (Fsp3) is 0.625. The zero-order chi connectivity index (χ0) is 8.27. The number of hydrogen-bond acceptors (Lipinski definition) is 3. The van der Waals surface area contributed by atoms with Gasteiger partial charge in [-0.2, -0.15) is 0 Å². The van der Waals surface area contributed by atoms with Gasteiger partial charge in [-0.05, 0) is 12.8 Å². The summed E-state index contributed by atoms with van der Waals surface area (Å²) < 4.78 is 4.59. The molecular formula is C8H13NO2. The second kappa shape index (κ2) is 3.53. The van der Waals surface area contributed by atoms with E-state index in [9.17, 15) is 4.79 Å². The lowest BCUT2D eigenvalue weighted by Crippen LogP contribution is -2.35. The van der Waals surface area contributed by atoms with E-state index in [2.05, 4.69) is 16.6 Å². The Labute approximate surface area is 66.4 Å². The van der Waals surface area contributed by atoms with Crippen LogP contribution in [0.4, 0.5) is 0 Å². The van der Waals surface area contributed by atoms with Crippen LogP contribution in [0.2, 0.25) is 0 Å². The average Bonchev–Trinajstić information content (AvgIpc) is 2.50. The Morgan fingerprint density at radius 1 is 1.73 bits per heavy atom. The van der Waals surface area contributed by atoms with E-state index in [0.29, 0.717) is 0 Å². The summed E-state index contributed by atoms with van der Waals surface area (Å²) in [5, 5.41) is 3.10. The first-order chi connectivity index (χ1) is 5.27. The van der Waals surface area contributed by atoms with E-state index in [1.165, 1.54) is 7.11 Å². The van der Waals surface area contributed by atoms with Crippen molar-refractivity contribution in [2.24, 2.45) is 0 Å². The van der Waals surface area contributed by atoms with Gasteiger partial charge in [0.05, 0.1) is 7.11 Å². The van der Waals surface area contributed by atoms with E-state index >= 15 is 0 Å². The van der Waals surface area contributed by atoms with Crippen LogP contribution in [0.25, 0.3) is 0 Å². The monoisotopic (exact) mass is 155 g/mol. The first-order valence-corrected chi connectivity index (χ1v) is 3.74. The van der Waals surface area contributed by atoms with Gasteiger partial charge in [0.2, 0.25) is 0 Å². The number of methoxy groups -OCH3 is 1. The lowest BCUT2D eigenvalue weighted by molar-refractivity contribution is -0.142. The highest BCUT2D eigenvalue weighted by Crippen LogP contribution is 2.13. The zero-order valence-electron chi connectivity index (χ0n) is 6.67. The predicted molar refractivity (Wildman–Crippen MR) is 42.2 cm³/mol. The highest BCUT2D eigenvalue weighted by atomic mass is 16.5. The minimum absolute atomic E-state index is 0.122. The molecule has 0 aromatic rings. The molecule has 0 aliphatic carbocycles. The molecular weight excluding hydrogens is 142 g/mol. The number of carbonyl (C=O) groups excluding carboxylic acids is 1. The van der Waals surface area contributed by atoms with Crippen LogP contribution >= 0.6 is 0 Å². The van der Waals surface area contributed by atoms with Crippen molar-refractivity contribution in [3.8, 4) is 0 Å². The van der Waals surface area contributed by atoms with Crippen molar-refractivity contribution in [1.82, 2.24) is 5.32 Å². The van der Waals surface area contributed by atoms with Crippen LogP contribution < -0.4 is 5.32 Å². The Hall–Kier alpha value is -0.830. The number of esters is 1. The second-order valence-corrected chi connectivity index (χ2v) is 2.66. The first-order valence-electron chi connectivity index (χ1n) is 3.74. The van der Waals surface area contributed by atoms with Crippen molar-refractivity contribution in [3.05, 3.63) is 12.7 Å². The van der Waals surface area contributed by atoms with E-state index < -0.39 is 0 Å². The molecule has 1 aliphatic heterocycles. The maximum atomic E-state index is 11.0. The van der Waals surface area contributed by atoms with Gasteiger partial charge in [-0.1, -0.05) is 6.08 Å². The van der Waals surface area contributed by atoms with Gasteiger partial charge in [0.1, 0.15) is 6.04 Å². The summed E-state index contributed by atoms with van der Waals surface area (Å²) in [5.41, 5.74) is 0. The van der Waals surface area contributed by atoms with Gasteiger partial charge in [-0.15, -0.1) is 6.58 Å². The third-order valence-electron chi connectivity index (χ3n) is 1.95. The molecule has 1 aliphatic rings. The SMILES string of the molecule is C=C[C@H]1CC[C@H](C(=O)OC)N1. The van der Waals surface area contributed by atoms with Crippen LogP contribution in [0.5, 0.6) is 0 Å². The molecule has 1 saturated heterocycles. The summed E-state index contributed by atoms with van der Waals surface area (Å²) in [4.78, 5) is 11.0. The van der Waals surface area contributed by atoms with E-state index in [0.717, 1.165) is 12.8 Å². The number of carbonyl (C=O) groups is 1. The Bertz CT molecular complexity index is 167. The molecule has 0 saturated carbocycles. The predicted octanol–water partition coefficient (Wildman–Crippen LogP) is 0.466. The molecule has 62 valence electrons. The third kappa shape index (κ3) is 1.80. The van der Waals surface area contributed by atoms with Gasteiger partial charge in [0, 0.05) is 6.04 Å². The Balaban J connectivity index is 2.41. The summed E-state index contributed by atoms with van der Waals surface area (Å²) in [7, 11) is 1.41. The standard InChI is InChI=1S/C8H13NO2/c1-3-6-4-5-7(9-6)8(10)11-2/h3,6-7,9H,1,4-5H2,2H3/t6-,7+/m0/s1. The lowest BCUT2D eigenvalue weighted by Gasteiger charge is -2.08. The van der Waals surface area contributed by atoms with Gasteiger partial charge < -0.3 is 4.74 Å². The van der Waals surface area contributed by atoms with Crippen molar-refractivity contribution < 1.29 is 9.53 Å². The van der Waals surface area contributed by atoms with Crippen LogP contribution in [0.15, 0.2) is 12.7 Å². The summed E-state index contributed by atoms with van der Waals surface area (Å²) in [6.07, 6.45) is 3.65. The molecule has 3 heteroatoms.